The van der Waals surface area contributed by atoms with Gasteiger partial charge < -0.3 is 42.3 Å². The van der Waals surface area contributed by atoms with E-state index < -0.39 is 97.4 Å². The third kappa shape index (κ3) is 14.0. The van der Waals surface area contributed by atoms with Gasteiger partial charge in [-0.2, -0.15) is 0 Å². The number of hydrogen-bond acceptors (Lipinski definition) is 8. The number of benzene rings is 3. The monoisotopic (exact) mass is 717 g/mol. The fourth-order valence-electron chi connectivity index (χ4n) is 5.24. The van der Waals surface area contributed by atoms with Crippen LogP contribution in [0.15, 0.2) is 91.0 Å². The molecule has 3 rings (SSSR count). The van der Waals surface area contributed by atoms with Crippen molar-refractivity contribution in [3.63, 3.8) is 0 Å². The standard InChI is InChI=1S/C37H43N5O10/c38-26(20-23-10-4-1-5-11-23)33(47)41-29(21-24-12-6-2-7-13-24)36(50)42-30(22-25-14-8-3-9-15-25)35(49)39-27(16-18-31(43)44)34(48)40-28(37(51)52)17-19-32(45)46/h1-15,26-30H,16-22,38H2,(H,39,49)(H,40,48)(H,41,47)(H,42,50)(H,43,44)(H,45,46)(H,51,52)/t26-,27-,28-,29-,30-/m0/s1. The highest BCUT2D eigenvalue weighted by Crippen LogP contribution is 2.10. The van der Waals surface area contributed by atoms with Gasteiger partial charge in [-0.15, -0.1) is 0 Å². The van der Waals surface area contributed by atoms with Crippen molar-refractivity contribution < 1.29 is 48.9 Å². The van der Waals surface area contributed by atoms with Crippen molar-refractivity contribution in [3.8, 4) is 0 Å². The number of carboxylic acids is 3. The summed E-state index contributed by atoms with van der Waals surface area (Å²) in [6.07, 6.45) is -1.93. The van der Waals surface area contributed by atoms with Gasteiger partial charge in [-0.1, -0.05) is 91.0 Å². The second-order valence-electron chi connectivity index (χ2n) is 12.1. The third-order valence-electron chi connectivity index (χ3n) is 8.01. The maximum absolute atomic E-state index is 13.9. The van der Waals surface area contributed by atoms with Gasteiger partial charge >= 0.3 is 17.9 Å². The molecule has 0 spiro atoms. The molecule has 0 heterocycles. The minimum atomic E-state index is -1.64. The molecular formula is C37H43N5O10. The molecule has 0 unspecified atom stereocenters. The molecule has 3 aromatic carbocycles. The molecule has 276 valence electrons. The molecule has 0 fully saturated rings. The molecule has 0 radical (unpaired) electrons. The first-order valence-electron chi connectivity index (χ1n) is 16.6. The van der Waals surface area contributed by atoms with E-state index in [1.807, 2.05) is 30.3 Å². The van der Waals surface area contributed by atoms with Gasteiger partial charge in [0.15, 0.2) is 0 Å². The predicted octanol–water partition coefficient (Wildman–Crippen LogP) is 0.795. The summed E-state index contributed by atoms with van der Waals surface area (Å²) in [5, 5.41) is 37.8. The van der Waals surface area contributed by atoms with Crippen LogP contribution in [-0.4, -0.2) is 87.1 Å². The Morgan fingerprint density at radius 2 is 0.788 bits per heavy atom. The molecule has 52 heavy (non-hydrogen) atoms. The normalized spacial score (nSPS) is 13.6. The van der Waals surface area contributed by atoms with Gasteiger partial charge in [0, 0.05) is 25.7 Å². The summed E-state index contributed by atoms with van der Waals surface area (Å²) in [5.74, 6) is -7.43. The number of carbonyl (C=O) groups excluding carboxylic acids is 4. The zero-order valence-corrected chi connectivity index (χ0v) is 28.3. The molecule has 3 aromatic rings. The summed E-state index contributed by atoms with van der Waals surface area (Å²) in [4.78, 5) is 88.4. The van der Waals surface area contributed by atoms with Gasteiger partial charge in [-0.3, -0.25) is 28.8 Å². The second kappa shape index (κ2) is 20.6. The van der Waals surface area contributed by atoms with E-state index in [4.69, 9.17) is 10.8 Å². The van der Waals surface area contributed by atoms with Crippen LogP contribution in [0.1, 0.15) is 42.4 Å². The van der Waals surface area contributed by atoms with E-state index in [1.165, 1.54) is 0 Å². The molecule has 4 amide bonds. The van der Waals surface area contributed by atoms with Crippen molar-refractivity contribution in [3.05, 3.63) is 108 Å². The van der Waals surface area contributed by atoms with E-state index in [1.54, 1.807) is 60.7 Å². The minimum absolute atomic E-state index is 0.0344. The number of amides is 4. The number of carbonyl (C=O) groups is 7. The summed E-state index contributed by atoms with van der Waals surface area (Å²) < 4.78 is 0. The van der Waals surface area contributed by atoms with Crippen molar-refractivity contribution in [2.45, 2.75) is 75.2 Å². The van der Waals surface area contributed by atoms with Gasteiger partial charge in [-0.25, -0.2) is 4.79 Å². The molecular weight excluding hydrogens is 674 g/mol. The maximum atomic E-state index is 13.9. The molecule has 0 saturated carbocycles. The van der Waals surface area contributed by atoms with Gasteiger partial charge in [0.2, 0.25) is 23.6 Å². The van der Waals surface area contributed by atoms with Crippen molar-refractivity contribution in [2.24, 2.45) is 5.73 Å². The second-order valence-corrected chi connectivity index (χ2v) is 12.1. The summed E-state index contributed by atoms with van der Waals surface area (Å²) in [7, 11) is 0. The topological polar surface area (TPSA) is 254 Å². The molecule has 15 nitrogen and oxygen atoms in total. The van der Waals surface area contributed by atoms with Crippen molar-refractivity contribution >= 4 is 41.5 Å². The lowest BCUT2D eigenvalue weighted by atomic mass is 10.0. The summed E-state index contributed by atoms with van der Waals surface area (Å²) >= 11 is 0. The lowest BCUT2D eigenvalue weighted by Crippen LogP contribution is -2.59. The van der Waals surface area contributed by atoms with Crippen LogP contribution >= 0.6 is 0 Å². The van der Waals surface area contributed by atoms with E-state index in [9.17, 15) is 43.8 Å². The number of rotatable bonds is 21. The Morgan fingerprint density at radius 3 is 1.19 bits per heavy atom. The zero-order chi connectivity index (χ0) is 38.0. The number of hydrogen-bond donors (Lipinski definition) is 8. The number of aliphatic carboxylic acids is 3. The highest BCUT2D eigenvalue weighted by molar-refractivity contribution is 5.96. The molecule has 0 aliphatic heterocycles. The van der Waals surface area contributed by atoms with E-state index in [2.05, 4.69) is 21.3 Å². The highest BCUT2D eigenvalue weighted by Gasteiger charge is 2.32. The van der Waals surface area contributed by atoms with Gasteiger partial charge in [-0.05, 0) is 36.0 Å². The first-order chi connectivity index (χ1) is 24.8. The van der Waals surface area contributed by atoms with Crippen molar-refractivity contribution in [2.75, 3.05) is 0 Å². The maximum Gasteiger partial charge on any atom is 0.326 e. The number of carboxylic acid groups (broad SMARTS) is 3. The SMILES string of the molecule is N[C@@H](Cc1ccccc1)C(=O)N[C@@H](Cc1ccccc1)C(=O)N[C@@H](Cc1ccccc1)C(=O)N[C@@H](CCC(=O)O)C(=O)N[C@@H](CCC(=O)O)C(=O)O. The summed E-state index contributed by atoms with van der Waals surface area (Å²) in [5.41, 5.74) is 8.33. The Balaban J connectivity index is 1.87. The molecule has 0 bridgehead atoms. The van der Waals surface area contributed by atoms with E-state index in [0.717, 1.165) is 5.56 Å². The summed E-state index contributed by atoms with van der Waals surface area (Å²) in [6.45, 7) is 0. The molecule has 0 aliphatic carbocycles. The smallest absolute Gasteiger partial charge is 0.326 e. The molecule has 9 N–H and O–H groups in total. The van der Waals surface area contributed by atoms with E-state index in [-0.39, 0.29) is 19.3 Å². The Morgan fingerprint density at radius 1 is 0.462 bits per heavy atom. The average Bonchev–Trinajstić information content (AvgIpc) is 3.11. The van der Waals surface area contributed by atoms with Crippen LogP contribution in [0.4, 0.5) is 0 Å². The van der Waals surface area contributed by atoms with Crippen LogP contribution in [0.3, 0.4) is 0 Å². The predicted molar refractivity (Wildman–Crippen MR) is 188 cm³/mol. The number of nitrogens with one attached hydrogen (secondary N) is 4. The first-order valence-corrected chi connectivity index (χ1v) is 16.6. The van der Waals surface area contributed by atoms with Crippen LogP contribution < -0.4 is 27.0 Å². The van der Waals surface area contributed by atoms with E-state index in [0.29, 0.717) is 11.1 Å². The van der Waals surface area contributed by atoms with Crippen LogP contribution in [0.25, 0.3) is 0 Å². The van der Waals surface area contributed by atoms with Gasteiger partial charge in [0.05, 0.1) is 6.04 Å². The lowest BCUT2D eigenvalue weighted by molar-refractivity contribution is -0.144. The van der Waals surface area contributed by atoms with Crippen LogP contribution in [-0.2, 0) is 52.8 Å². The minimum Gasteiger partial charge on any atom is -0.481 e. The van der Waals surface area contributed by atoms with Crippen molar-refractivity contribution in [1.82, 2.24) is 21.3 Å². The Labute approximate surface area is 300 Å². The fourth-order valence-corrected chi connectivity index (χ4v) is 5.24. The molecule has 0 aromatic heterocycles. The Hall–Kier alpha value is -6.09. The highest BCUT2D eigenvalue weighted by atomic mass is 16.4. The Kier molecular flexibility index (Phi) is 15.9. The fraction of sp³-hybridized carbons (Fsp3) is 0.324. The average molecular weight is 718 g/mol. The lowest BCUT2D eigenvalue weighted by Gasteiger charge is -2.26. The molecule has 0 aliphatic rings. The van der Waals surface area contributed by atoms with E-state index >= 15 is 0 Å². The summed E-state index contributed by atoms with van der Waals surface area (Å²) in [6, 6.07) is 19.7. The van der Waals surface area contributed by atoms with Crippen LogP contribution in [0, 0.1) is 0 Å². The van der Waals surface area contributed by atoms with Crippen LogP contribution in [0.5, 0.6) is 0 Å². The van der Waals surface area contributed by atoms with Crippen LogP contribution in [0.2, 0.25) is 0 Å². The molecule has 5 atom stereocenters. The quantitative estimate of drug-likeness (QED) is 0.0765. The molecule has 15 heteroatoms. The Bertz CT molecular complexity index is 1670. The van der Waals surface area contributed by atoms with Gasteiger partial charge in [0.1, 0.15) is 24.2 Å². The molecule has 0 saturated heterocycles. The first kappa shape index (κ1) is 40.3. The van der Waals surface area contributed by atoms with Gasteiger partial charge in [0.25, 0.3) is 0 Å². The number of nitrogens with two attached hydrogens (primary N) is 1. The zero-order valence-electron chi connectivity index (χ0n) is 28.3. The van der Waals surface area contributed by atoms with Crippen molar-refractivity contribution in [1.29, 1.82) is 0 Å². The largest absolute Gasteiger partial charge is 0.481 e. The third-order valence-corrected chi connectivity index (χ3v) is 8.01.